The molecule has 0 spiro atoms. The molecule has 1 heterocycles. The summed E-state index contributed by atoms with van der Waals surface area (Å²) in [5, 5.41) is 2.86. The number of alkyl halides is 3. The average molecular weight is 541 g/mol. The molecule has 0 unspecified atom stereocenters. The Kier molecular flexibility index (Phi) is 7.47. The van der Waals surface area contributed by atoms with Crippen LogP contribution in [0.15, 0.2) is 109 Å². The van der Waals surface area contributed by atoms with Crippen molar-refractivity contribution >= 4 is 11.6 Å². The van der Waals surface area contributed by atoms with E-state index in [9.17, 15) is 18.0 Å². The van der Waals surface area contributed by atoms with Gasteiger partial charge in [-0.15, -0.1) is 0 Å². The molecule has 0 radical (unpaired) electrons. The number of anilines is 1. The number of para-hydroxylation sites is 1. The fourth-order valence-corrected chi connectivity index (χ4v) is 4.84. The number of ether oxygens (including phenoxy) is 1. The van der Waals surface area contributed by atoms with Gasteiger partial charge in [-0.05, 0) is 60.9 Å². The highest BCUT2D eigenvalue weighted by atomic mass is 19.4. The number of rotatable bonds is 7. The molecule has 4 aromatic carbocycles. The first-order chi connectivity index (χ1) is 19.2. The summed E-state index contributed by atoms with van der Waals surface area (Å²) in [6.45, 7) is 3.65. The zero-order valence-corrected chi connectivity index (χ0v) is 22.0. The third-order valence-electron chi connectivity index (χ3n) is 6.71. The Morgan fingerprint density at radius 2 is 1.52 bits per heavy atom. The number of benzene rings is 4. The largest absolute Gasteiger partial charge is 0.489 e. The van der Waals surface area contributed by atoms with Crippen molar-refractivity contribution in [3.8, 4) is 22.6 Å². The summed E-state index contributed by atoms with van der Waals surface area (Å²) in [6.07, 6.45) is -4.52. The molecule has 1 amide bonds. The van der Waals surface area contributed by atoms with Gasteiger partial charge in [0.2, 0.25) is 0 Å². The Balaban J connectivity index is 1.34. The van der Waals surface area contributed by atoms with Crippen LogP contribution in [-0.4, -0.2) is 10.5 Å². The number of amides is 1. The third-order valence-corrected chi connectivity index (χ3v) is 6.71. The molecular weight excluding hydrogens is 513 g/mol. The highest BCUT2D eigenvalue weighted by molar-refractivity contribution is 6.05. The molecular formula is C33H27F3N2O2. The minimum atomic E-state index is -4.52. The molecule has 202 valence electrons. The molecule has 0 saturated carbocycles. The predicted molar refractivity (Wildman–Crippen MR) is 151 cm³/mol. The van der Waals surface area contributed by atoms with Gasteiger partial charge in [-0.2, -0.15) is 13.2 Å². The number of carbonyl (C=O) groups excluding carboxylic acids is 1. The second kappa shape index (κ2) is 11.1. The quantitative estimate of drug-likeness (QED) is 0.225. The van der Waals surface area contributed by atoms with Crippen molar-refractivity contribution in [2.75, 3.05) is 5.32 Å². The lowest BCUT2D eigenvalue weighted by Gasteiger charge is -2.17. The van der Waals surface area contributed by atoms with E-state index in [1.54, 1.807) is 50.2 Å². The number of aryl methyl sites for hydroxylation is 1. The number of carbonyl (C=O) groups is 1. The van der Waals surface area contributed by atoms with E-state index in [-0.39, 0.29) is 11.3 Å². The number of nitrogens with zero attached hydrogens (tertiary/aromatic N) is 1. The minimum Gasteiger partial charge on any atom is -0.489 e. The summed E-state index contributed by atoms with van der Waals surface area (Å²) in [7, 11) is 0. The molecule has 0 saturated heterocycles. The Labute approximate surface area is 230 Å². The Bertz CT molecular complexity index is 1660. The second-order valence-electron chi connectivity index (χ2n) is 9.43. The first-order valence-corrected chi connectivity index (χ1v) is 12.8. The van der Waals surface area contributed by atoms with E-state index < -0.39 is 17.6 Å². The van der Waals surface area contributed by atoms with Gasteiger partial charge in [0, 0.05) is 23.1 Å². The Morgan fingerprint density at radius 1 is 0.825 bits per heavy atom. The number of hydrogen-bond donors (Lipinski definition) is 1. The summed E-state index contributed by atoms with van der Waals surface area (Å²) in [4.78, 5) is 13.2. The summed E-state index contributed by atoms with van der Waals surface area (Å²) in [5.41, 5.74) is 4.16. The van der Waals surface area contributed by atoms with Gasteiger partial charge in [-0.1, -0.05) is 72.8 Å². The summed E-state index contributed by atoms with van der Waals surface area (Å²) < 4.78 is 48.5. The Hall–Kier alpha value is -4.78. The number of aromatic nitrogens is 1. The lowest BCUT2D eigenvalue weighted by molar-refractivity contribution is -0.137. The summed E-state index contributed by atoms with van der Waals surface area (Å²) in [6, 6.07) is 32.1. The second-order valence-corrected chi connectivity index (χ2v) is 9.43. The minimum absolute atomic E-state index is 0.0183. The maximum absolute atomic E-state index is 13.7. The lowest BCUT2D eigenvalue weighted by Crippen LogP contribution is -2.15. The van der Waals surface area contributed by atoms with E-state index >= 15 is 0 Å². The van der Waals surface area contributed by atoms with E-state index in [1.165, 1.54) is 16.7 Å². The number of nitrogens with one attached hydrogen (secondary N) is 1. The molecule has 4 nitrogen and oxygen atoms in total. The smallest absolute Gasteiger partial charge is 0.418 e. The molecule has 0 aliphatic carbocycles. The molecule has 7 heteroatoms. The first kappa shape index (κ1) is 26.8. The molecule has 5 rings (SSSR count). The number of halogens is 3. The van der Waals surface area contributed by atoms with Crippen LogP contribution in [0.4, 0.5) is 18.9 Å². The zero-order chi connectivity index (χ0) is 28.3. The molecule has 0 fully saturated rings. The molecule has 0 aliphatic heterocycles. The Morgan fingerprint density at radius 3 is 2.30 bits per heavy atom. The van der Waals surface area contributed by atoms with Crippen molar-refractivity contribution in [1.29, 1.82) is 0 Å². The van der Waals surface area contributed by atoms with Crippen LogP contribution in [0, 0.1) is 13.8 Å². The van der Waals surface area contributed by atoms with Crippen molar-refractivity contribution in [2.24, 2.45) is 0 Å². The van der Waals surface area contributed by atoms with Crippen LogP contribution in [-0.2, 0) is 12.8 Å². The topological polar surface area (TPSA) is 43.3 Å². The van der Waals surface area contributed by atoms with Crippen LogP contribution in [0.1, 0.15) is 32.9 Å². The maximum atomic E-state index is 13.7. The maximum Gasteiger partial charge on any atom is 0.418 e. The van der Waals surface area contributed by atoms with Gasteiger partial charge in [0.05, 0.1) is 16.8 Å². The van der Waals surface area contributed by atoms with E-state index in [0.29, 0.717) is 29.4 Å². The standard InChI is InChI=1S/C33H27F3N2O2/c1-22-19-29(23(2)38(22)31-18-9-8-17-30(31)33(34,35)36)32(39)37-26-14-10-15-27(20-26)40-21-25-13-6-7-16-28(25)24-11-4-3-5-12-24/h3-20H,21H2,1-2H3,(H,37,39). The van der Waals surface area contributed by atoms with Gasteiger partial charge in [-0.25, -0.2) is 0 Å². The summed E-state index contributed by atoms with van der Waals surface area (Å²) in [5.74, 6) is 0.153. The van der Waals surface area contributed by atoms with Crippen molar-refractivity contribution in [3.63, 3.8) is 0 Å². The monoisotopic (exact) mass is 540 g/mol. The molecule has 0 bridgehead atoms. The van der Waals surface area contributed by atoms with Crippen LogP contribution in [0.2, 0.25) is 0 Å². The number of hydrogen-bond acceptors (Lipinski definition) is 2. The average Bonchev–Trinajstić information content (AvgIpc) is 3.25. The van der Waals surface area contributed by atoms with Crippen LogP contribution in [0.25, 0.3) is 16.8 Å². The fourth-order valence-electron chi connectivity index (χ4n) is 4.84. The van der Waals surface area contributed by atoms with Crippen molar-refractivity contribution in [2.45, 2.75) is 26.6 Å². The van der Waals surface area contributed by atoms with Crippen molar-refractivity contribution in [1.82, 2.24) is 4.57 Å². The van der Waals surface area contributed by atoms with E-state index in [2.05, 4.69) is 5.32 Å². The first-order valence-electron chi connectivity index (χ1n) is 12.8. The van der Waals surface area contributed by atoms with Gasteiger partial charge < -0.3 is 14.6 Å². The van der Waals surface area contributed by atoms with Gasteiger partial charge in [-0.3, -0.25) is 4.79 Å². The molecule has 1 aromatic heterocycles. The fraction of sp³-hybridized carbons (Fsp3) is 0.121. The van der Waals surface area contributed by atoms with Gasteiger partial charge in [0.25, 0.3) is 5.91 Å². The lowest BCUT2D eigenvalue weighted by atomic mass is 10.0. The van der Waals surface area contributed by atoms with Crippen LogP contribution in [0.3, 0.4) is 0 Å². The van der Waals surface area contributed by atoms with Gasteiger partial charge in [0.15, 0.2) is 0 Å². The highest BCUT2D eigenvalue weighted by Crippen LogP contribution is 2.35. The van der Waals surface area contributed by atoms with Crippen LogP contribution >= 0.6 is 0 Å². The predicted octanol–water partition coefficient (Wildman–Crippen LogP) is 8.61. The van der Waals surface area contributed by atoms with Crippen LogP contribution in [0.5, 0.6) is 5.75 Å². The van der Waals surface area contributed by atoms with E-state index in [4.69, 9.17) is 4.74 Å². The third kappa shape index (κ3) is 5.64. The van der Waals surface area contributed by atoms with Crippen molar-refractivity contribution in [3.05, 3.63) is 137 Å². The molecule has 1 N–H and O–H groups in total. The normalized spacial score (nSPS) is 11.3. The SMILES string of the molecule is Cc1cc(C(=O)Nc2cccc(OCc3ccccc3-c3ccccc3)c2)c(C)n1-c1ccccc1C(F)(F)F. The van der Waals surface area contributed by atoms with Gasteiger partial charge in [0.1, 0.15) is 12.4 Å². The highest BCUT2D eigenvalue weighted by Gasteiger charge is 2.34. The van der Waals surface area contributed by atoms with E-state index in [0.717, 1.165) is 22.8 Å². The van der Waals surface area contributed by atoms with Crippen LogP contribution < -0.4 is 10.1 Å². The molecule has 40 heavy (non-hydrogen) atoms. The summed E-state index contributed by atoms with van der Waals surface area (Å²) >= 11 is 0. The molecule has 0 atom stereocenters. The van der Waals surface area contributed by atoms with Gasteiger partial charge >= 0.3 is 6.18 Å². The zero-order valence-electron chi connectivity index (χ0n) is 22.0. The van der Waals surface area contributed by atoms with Crippen molar-refractivity contribution < 1.29 is 22.7 Å². The molecule has 5 aromatic rings. The molecule has 0 aliphatic rings. The van der Waals surface area contributed by atoms with E-state index in [1.807, 2.05) is 54.6 Å².